The van der Waals surface area contributed by atoms with E-state index in [1.54, 1.807) is 24.3 Å². The molecule has 3 aliphatic rings. The summed E-state index contributed by atoms with van der Waals surface area (Å²) in [5.41, 5.74) is 3.29. The van der Waals surface area contributed by atoms with Gasteiger partial charge in [-0.25, -0.2) is 8.93 Å². The third kappa shape index (κ3) is 3.99. The number of fused-ring (bicyclic) bond motifs is 1. The number of sulfonamides is 1. The lowest BCUT2D eigenvalue weighted by Crippen LogP contribution is -2.58. The highest BCUT2D eigenvalue weighted by molar-refractivity contribution is 8.02. The Hall–Kier alpha value is -1.96. The van der Waals surface area contributed by atoms with Gasteiger partial charge in [0.15, 0.2) is 9.92 Å². The topological polar surface area (TPSA) is 75.6 Å². The molecule has 3 aliphatic carbocycles. The van der Waals surface area contributed by atoms with Crippen molar-refractivity contribution in [1.82, 2.24) is 4.72 Å². The van der Waals surface area contributed by atoms with Gasteiger partial charge in [-0.3, -0.25) is 0 Å². The zero-order chi connectivity index (χ0) is 22.6. The van der Waals surface area contributed by atoms with E-state index < -0.39 is 19.9 Å². The van der Waals surface area contributed by atoms with Crippen molar-refractivity contribution in [2.45, 2.75) is 56.9 Å². The van der Waals surface area contributed by atoms with Gasteiger partial charge in [-0.2, -0.15) is 8.42 Å². The summed E-state index contributed by atoms with van der Waals surface area (Å²) >= 11 is 0. The Labute approximate surface area is 186 Å². The SMILES string of the molecule is CC1=C[C@H](NS(=O)(=NS(=O)(=O)c2ccc(C)cc2)c2ccc(C)cc2)[C@@H]2C[C@H]1C2(C)C. The largest absolute Gasteiger partial charge is 0.291 e. The van der Waals surface area contributed by atoms with Crippen molar-refractivity contribution in [3.8, 4) is 0 Å². The highest BCUT2D eigenvalue weighted by Crippen LogP contribution is 2.59. The van der Waals surface area contributed by atoms with E-state index >= 15 is 0 Å². The van der Waals surface area contributed by atoms with Crippen LogP contribution in [0.4, 0.5) is 0 Å². The quantitative estimate of drug-likeness (QED) is 0.640. The van der Waals surface area contributed by atoms with Gasteiger partial charge in [0.2, 0.25) is 0 Å². The van der Waals surface area contributed by atoms with Crippen molar-refractivity contribution in [2.24, 2.45) is 21.0 Å². The van der Waals surface area contributed by atoms with Crippen molar-refractivity contribution in [2.75, 3.05) is 0 Å². The number of allylic oxidation sites excluding steroid dienone is 1. The van der Waals surface area contributed by atoms with Gasteiger partial charge < -0.3 is 0 Å². The van der Waals surface area contributed by atoms with E-state index in [0.29, 0.717) is 10.8 Å². The summed E-state index contributed by atoms with van der Waals surface area (Å²) in [6.45, 7) is 10.4. The molecule has 31 heavy (non-hydrogen) atoms. The summed E-state index contributed by atoms with van der Waals surface area (Å²) in [5, 5.41) is 0. The predicted octanol–water partition coefficient (Wildman–Crippen LogP) is 5.01. The molecule has 5 rings (SSSR count). The normalized spacial score (nSPS) is 26.4. The first kappa shape index (κ1) is 22.2. The Morgan fingerprint density at radius 2 is 1.39 bits per heavy atom. The molecule has 4 atom stereocenters. The lowest BCUT2D eigenvalue weighted by Gasteiger charge is -2.59. The molecule has 2 bridgehead atoms. The molecule has 1 unspecified atom stereocenters. The van der Waals surface area contributed by atoms with Crippen LogP contribution in [0.25, 0.3) is 0 Å². The molecule has 166 valence electrons. The number of rotatable bonds is 5. The molecule has 7 heteroatoms. The van der Waals surface area contributed by atoms with Crippen LogP contribution < -0.4 is 4.72 Å². The van der Waals surface area contributed by atoms with Crippen LogP contribution in [0.15, 0.2) is 73.7 Å². The minimum absolute atomic E-state index is 0.0409. The van der Waals surface area contributed by atoms with Crippen molar-refractivity contribution in [3.63, 3.8) is 0 Å². The molecule has 2 aromatic carbocycles. The molecule has 2 aromatic rings. The first-order valence-corrected chi connectivity index (χ1v) is 13.5. The summed E-state index contributed by atoms with van der Waals surface area (Å²) in [4.78, 5) is 0.415. The first-order chi connectivity index (χ1) is 14.4. The number of nitrogens with one attached hydrogen (secondary N) is 1. The number of nitrogens with zero attached hydrogens (tertiary/aromatic N) is 1. The number of benzene rings is 2. The molecule has 5 nitrogen and oxygen atoms in total. The zero-order valence-electron chi connectivity index (χ0n) is 18.6. The van der Waals surface area contributed by atoms with Crippen molar-refractivity contribution in [3.05, 3.63) is 71.3 Å². The Bertz CT molecular complexity index is 1250. The fraction of sp³-hybridized carbons (Fsp3) is 0.417. The van der Waals surface area contributed by atoms with Gasteiger partial charge in [-0.05, 0) is 68.7 Å². The number of hydrogen-bond acceptors (Lipinski definition) is 3. The average molecular weight is 459 g/mol. The summed E-state index contributed by atoms with van der Waals surface area (Å²) < 4.78 is 47.7. The molecule has 1 saturated carbocycles. The van der Waals surface area contributed by atoms with Crippen LogP contribution in [0.2, 0.25) is 0 Å². The Balaban J connectivity index is 1.82. The smallest absolute Gasteiger partial charge is 0.228 e. The Morgan fingerprint density at radius 1 is 0.871 bits per heavy atom. The van der Waals surface area contributed by atoms with Gasteiger partial charge in [0.1, 0.15) is 0 Å². The van der Waals surface area contributed by atoms with Crippen LogP contribution in [0.3, 0.4) is 0 Å². The van der Waals surface area contributed by atoms with Crippen LogP contribution in [0.5, 0.6) is 0 Å². The third-order valence-electron chi connectivity index (χ3n) is 6.93. The monoisotopic (exact) mass is 458 g/mol. The maximum Gasteiger partial charge on any atom is 0.291 e. The van der Waals surface area contributed by atoms with Crippen LogP contribution >= 0.6 is 0 Å². The van der Waals surface area contributed by atoms with Crippen LogP contribution in [0, 0.1) is 31.1 Å². The number of aryl methyl sites for hydroxylation is 2. The molecular formula is C24H30N2O3S2. The fourth-order valence-corrected chi connectivity index (χ4v) is 8.59. The summed E-state index contributed by atoms with van der Waals surface area (Å²) in [5.74, 6) is 0.809. The van der Waals surface area contributed by atoms with E-state index in [1.165, 1.54) is 17.7 Å². The minimum atomic E-state index is -4.12. The third-order valence-corrected chi connectivity index (χ3v) is 10.9. The van der Waals surface area contributed by atoms with E-state index in [1.807, 2.05) is 26.0 Å². The summed E-state index contributed by atoms with van der Waals surface area (Å²) in [6.07, 6.45) is 3.12. The molecule has 0 saturated heterocycles. The molecule has 0 radical (unpaired) electrons. The van der Waals surface area contributed by atoms with Crippen molar-refractivity contribution >= 4 is 19.9 Å². The molecule has 0 heterocycles. The molecule has 0 spiro atoms. The van der Waals surface area contributed by atoms with Gasteiger partial charge in [-0.1, -0.05) is 64.7 Å². The Kier molecular flexibility index (Phi) is 5.43. The van der Waals surface area contributed by atoms with Crippen molar-refractivity contribution in [1.29, 1.82) is 0 Å². The van der Waals surface area contributed by atoms with Gasteiger partial charge >= 0.3 is 0 Å². The second kappa shape index (κ2) is 7.57. The van der Waals surface area contributed by atoms with E-state index in [-0.39, 0.29) is 22.3 Å². The standard InChI is InChI=1S/C24H30N2O3S2/c1-16-6-10-19(11-7-16)30(27,26-31(28,29)20-12-8-17(2)9-13-20)25-23-14-18(3)21-15-22(23)24(21,4)5/h6-14,21-23H,15H2,1-5H3,(H,25,26,27)/t21-,22+,23+,30?/m1/s1. The molecule has 1 N–H and O–H groups in total. The van der Waals surface area contributed by atoms with Gasteiger partial charge in [0.25, 0.3) is 10.0 Å². The van der Waals surface area contributed by atoms with Crippen LogP contribution in [-0.2, 0) is 19.9 Å². The fourth-order valence-electron chi connectivity index (χ4n) is 4.90. The van der Waals surface area contributed by atoms with E-state index in [0.717, 1.165) is 17.5 Å². The zero-order valence-corrected chi connectivity index (χ0v) is 20.3. The summed E-state index contributed by atoms with van der Waals surface area (Å²) in [7, 11) is -7.56. The predicted molar refractivity (Wildman–Crippen MR) is 124 cm³/mol. The lowest BCUT2D eigenvalue weighted by molar-refractivity contribution is -0.0203. The van der Waals surface area contributed by atoms with Crippen LogP contribution in [0.1, 0.15) is 38.3 Å². The second-order valence-electron chi connectivity index (χ2n) is 9.47. The molecular weight excluding hydrogens is 428 g/mol. The highest BCUT2D eigenvalue weighted by Gasteiger charge is 2.54. The van der Waals surface area contributed by atoms with Gasteiger partial charge in [-0.15, -0.1) is 0 Å². The minimum Gasteiger partial charge on any atom is -0.228 e. The Morgan fingerprint density at radius 3 is 1.87 bits per heavy atom. The van der Waals surface area contributed by atoms with E-state index in [4.69, 9.17) is 0 Å². The van der Waals surface area contributed by atoms with Crippen LogP contribution in [-0.4, -0.2) is 18.7 Å². The maximum atomic E-state index is 14.2. The summed E-state index contributed by atoms with van der Waals surface area (Å²) in [6, 6.07) is 13.3. The maximum absolute atomic E-state index is 14.2. The van der Waals surface area contributed by atoms with E-state index in [2.05, 4.69) is 35.3 Å². The van der Waals surface area contributed by atoms with E-state index in [9.17, 15) is 12.6 Å². The van der Waals surface area contributed by atoms with Gasteiger partial charge in [0.05, 0.1) is 9.79 Å². The molecule has 0 amide bonds. The number of hydrogen-bond donors (Lipinski definition) is 1. The molecule has 0 aliphatic heterocycles. The lowest BCUT2D eigenvalue weighted by atomic mass is 9.48. The highest BCUT2D eigenvalue weighted by atomic mass is 32.3. The van der Waals surface area contributed by atoms with Gasteiger partial charge in [0, 0.05) is 6.04 Å². The molecule has 0 aromatic heterocycles. The first-order valence-electron chi connectivity index (χ1n) is 10.5. The van der Waals surface area contributed by atoms with Crippen molar-refractivity contribution < 1.29 is 12.6 Å². The average Bonchev–Trinajstić information content (AvgIpc) is 2.67. The molecule has 1 fully saturated rings. The second-order valence-corrected chi connectivity index (χ2v) is 13.2.